The van der Waals surface area contributed by atoms with Crippen LogP contribution in [0.25, 0.3) is 0 Å². The van der Waals surface area contributed by atoms with E-state index in [1.54, 1.807) is 19.3 Å². The van der Waals surface area contributed by atoms with Gasteiger partial charge in [0.05, 0.1) is 6.20 Å². The molecule has 0 saturated carbocycles. The molecule has 4 N–H and O–H groups in total. The van der Waals surface area contributed by atoms with Crippen LogP contribution in [0.4, 0.5) is 0 Å². The predicted molar refractivity (Wildman–Crippen MR) is 73.3 cm³/mol. The molecule has 2 aromatic heterocycles. The average Bonchev–Trinajstić information content (AvgIpc) is 3.04. The van der Waals surface area contributed by atoms with Crippen molar-refractivity contribution >= 4 is 10.0 Å². The van der Waals surface area contributed by atoms with Crippen LogP contribution in [0.15, 0.2) is 17.4 Å². The van der Waals surface area contributed by atoms with Crippen LogP contribution in [0.5, 0.6) is 0 Å². The number of sulfonamides is 1. The van der Waals surface area contributed by atoms with Gasteiger partial charge in [-0.3, -0.25) is 10.2 Å². The van der Waals surface area contributed by atoms with Gasteiger partial charge in [0.2, 0.25) is 0 Å². The van der Waals surface area contributed by atoms with Crippen molar-refractivity contribution in [1.29, 1.82) is 0 Å². The van der Waals surface area contributed by atoms with Crippen LogP contribution in [0.2, 0.25) is 0 Å². The number of aromatic nitrogens is 4. The lowest BCUT2D eigenvalue weighted by atomic mass is 10.2. The summed E-state index contributed by atoms with van der Waals surface area (Å²) in [5.41, 5.74) is 2.16. The summed E-state index contributed by atoms with van der Waals surface area (Å²) in [7, 11) is -3.65. The van der Waals surface area contributed by atoms with E-state index in [1.807, 2.05) is 6.92 Å². The summed E-state index contributed by atoms with van der Waals surface area (Å²) in [6, 6.07) is 0. The minimum atomic E-state index is -3.65. The van der Waals surface area contributed by atoms with Crippen LogP contribution in [0.3, 0.4) is 0 Å². The van der Waals surface area contributed by atoms with E-state index in [-0.39, 0.29) is 11.6 Å². The Bertz CT molecular complexity index is 647. The lowest BCUT2D eigenvalue weighted by molar-refractivity contribution is 0.574. The van der Waals surface area contributed by atoms with Crippen molar-refractivity contribution in [2.24, 2.45) is 0 Å². The highest BCUT2D eigenvalue weighted by atomic mass is 32.2. The molecule has 0 spiro atoms. The minimum Gasteiger partial charge on any atom is -0.313 e. The largest absolute Gasteiger partial charge is 0.313 e. The van der Waals surface area contributed by atoms with Crippen molar-refractivity contribution in [2.45, 2.75) is 32.0 Å². The van der Waals surface area contributed by atoms with Gasteiger partial charge >= 0.3 is 0 Å². The predicted octanol–water partition coefficient (Wildman–Crippen LogP) is 0.0292. The monoisotopic (exact) mass is 298 g/mol. The molecule has 0 fully saturated rings. The first-order valence-corrected chi connectivity index (χ1v) is 7.74. The molecule has 0 amide bonds. The third-order valence-electron chi connectivity index (χ3n) is 2.86. The van der Waals surface area contributed by atoms with Crippen molar-refractivity contribution in [3.8, 4) is 0 Å². The van der Waals surface area contributed by atoms with Gasteiger partial charge in [-0.15, -0.1) is 0 Å². The molecular formula is C11H18N6O2S. The van der Waals surface area contributed by atoms with E-state index in [0.717, 1.165) is 17.8 Å². The lowest BCUT2D eigenvalue weighted by Crippen LogP contribution is -2.25. The Morgan fingerprint density at radius 1 is 1.35 bits per heavy atom. The van der Waals surface area contributed by atoms with E-state index in [0.29, 0.717) is 12.1 Å². The van der Waals surface area contributed by atoms with Crippen molar-refractivity contribution < 1.29 is 8.42 Å². The Labute approximate surface area is 117 Å². The van der Waals surface area contributed by atoms with Gasteiger partial charge in [-0.25, -0.2) is 13.1 Å². The van der Waals surface area contributed by atoms with Gasteiger partial charge in [-0.2, -0.15) is 10.2 Å². The Morgan fingerprint density at radius 2 is 2.15 bits per heavy atom. The molecule has 0 bridgehead atoms. The molecule has 8 nitrogen and oxygen atoms in total. The molecule has 20 heavy (non-hydrogen) atoms. The van der Waals surface area contributed by atoms with Gasteiger partial charge in [-0.1, -0.05) is 6.92 Å². The topological polar surface area (TPSA) is 116 Å². The molecule has 110 valence electrons. The summed E-state index contributed by atoms with van der Waals surface area (Å²) in [4.78, 5) is 0. The van der Waals surface area contributed by atoms with Gasteiger partial charge in [0.1, 0.15) is 0 Å². The summed E-state index contributed by atoms with van der Waals surface area (Å²) in [5.74, 6) is 0. The fourth-order valence-corrected chi connectivity index (χ4v) is 2.94. The zero-order valence-electron chi connectivity index (χ0n) is 11.4. The number of nitrogens with zero attached hydrogens (tertiary/aromatic N) is 2. The summed E-state index contributed by atoms with van der Waals surface area (Å²) >= 11 is 0. The Kier molecular flexibility index (Phi) is 4.53. The Balaban J connectivity index is 2.16. The van der Waals surface area contributed by atoms with Crippen molar-refractivity contribution in [2.75, 3.05) is 6.54 Å². The van der Waals surface area contributed by atoms with Crippen LogP contribution in [0, 0.1) is 6.92 Å². The molecule has 0 aliphatic rings. The highest BCUT2D eigenvalue weighted by Gasteiger charge is 2.23. The van der Waals surface area contributed by atoms with Crippen LogP contribution in [0.1, 0.15) is 23.7 Å². The SMILES string of the molecule is CCNCc1c(S(=O)(=O)NCc2cn[nH]c2)n[nH]c1C. The van der Waals surface area contributed by atoms with E-state index in [9.17, 15) is 8.42 Å². The average molecular weight is 298 g/mol. The van der Waals surface area contributed by atoms with Gasteiger partial charge < -0.3 is 5.32 Å². The quantitative estimate of drug-likeness (QED) is 0.575. The van der Waals surface area contributed by atoms with E-state index < -0.39 is 10.0 Å². The summed E-state index contributed by atoms with van der Waals surface area (Å²) in [6.07, 6.45) is 3.20. The van der Waals surface area contributed by atoms with Crippen LogP contribution >= 0.6 is 0 Å². The number of aromatic amines is 2. The second-order valence-electron chi connectivity index (χ2n) is 4.34. The third kappa shape index (κ3) is 3.24. The standard InChI is InChI=1S/C11H18N6O2S/c1-3-12-7-10-8(2)16-17-11(10)20(18,19)15-6-9-4-13-14-5-9/h4-5,12,15H,3,6-7H2,1-2H3,(H,13,14)(H,16,17). The smallest absolute Gasteiger partial charge is 0.260 e. The van der Waals surface area contributed by atoms with Crippen molar-refractivity contribution in [3.63, 3.8) is 0 Å². The molecule has 0 unspecified atom stereocenters. The fraction of sp³-hybridized carbons (Fsp3) is 0.455. The highest BCUT2D eigenvalue weighted by molar-refractivity contribution is 7.89. The molecule has 2 aromatic rings. The second-order valence-corrected chi connectivity index (χ2v) is 6.03. The van der Waals surface area contributed by atoms with Crippen LogP contribution in [-0.2, 0) is 23.1 Å². The maximum absolute atomic E-state index is 12.3. The maximum atomic E-state index is 12.3. The van der Waals surface area contributed by atoms with Gasteiger partial charge in [0.15, 0.2) is 5.03 Å². The van der Waals surface area contributed by atoms with Crippen LogP contribution < -0.4 is 10.0 Å². The minimum absolute atomic E-state index is 0.0412. The van der Waals surface area contributed by atoms with E-state index in [1.165, 1.54) is 0 Å². The first kappa shape index (κ1) is 14.7. The van der Waals surface area contributed by atoms with Crippen molar-refractivity contribution in [1.82, 2.24) is 30.4 Å². The second kappa shape index (κ2) is 6.16. The molecule has 0 aliphatic heterocycles. The first-order chi connectivity index (χ1) is 9.54. The van der Waals surface area contributed by atoms with Gasteiger partial charge in [0.25, 0.3) is 10.0 Å². The number of nitrogens with one attached hydrogen (secondary N) is 4. The Hall–Kier alpha value is -1.71. The third-order valence-corrected chi connectivity index (χ3v) is 4.23. The molecule has 0 saturated heterocycles. The zero-order chi connectivity index (χ0) is 14.6. The van der Waals surface area contributed by atoms with Crippen LogP contribution in [-0.4, -0.2) is 35.4 Å². The lowest BCUT2D eigenvalue weighted by Gasteiger charge is -2.06. The normalized spacial score (nSPS) is 11.9. The number of H-pyrrole nitrogens is 2. The molecule has 0 atom stereocenters. The maximum Gasteiger partial charge on any atom is 0.260 e. The number of hydrogen-bond donors (Lipinski definition) is 4. The van der Waals surface area contributed by atoms with E-state index in [4.69, 9.17) is 0 Å². The summed E-state index contributed by atoms with van der Waals surface area (Å²) in [5, 5.41) is 16.2. The van der Waals surface area contributed by atoms with E-state index in [2.05, 4.69) is 30.4 Å². The molecule has 0 aromatic carbocycles. The van der Waals surface area contributed by atoms with Gasteiger partial charge in [0, 0.05) is 36.1 Å². The molecule has 2 rings (SSSR count). The zero-order valence-corrected chi connectivity index (χ0v) is 12.2. The molecule has 0 radical (unpaired) electrons. The highest BCUT2D eigenvalue weighted by Crippen LogP contribution is 2.16. The molecule has 2 heterocycles. The van der Waals surface area contributed by atoms with Crippen molar-refractivity contribution in [3.05, 3.63) is 29.2 Å². The Morgan fingerprint density at radius 3 is 2.80 bits per heavy atom. The summed E-state index contributed by atoms with van der Waals surface area (Å²) < 4.78 is 27.1. The first-order valence-electron chi connectivity index (χ1n) is 6.26. The number of hydrogen-bond acceptors (Lipinski definition) is 5. The number of rotatable bonds is 7. The van der Waals surface area contributed by atoms with E-state index >= 15 is 0 Å². The molecule has 0 aliphatic carbocycles. The fourth-order valence-electron chi connectivity index (χ4n) is 1.73. The number of aryl methyl sites for hydroxylation is 1. The van der Waals surface area contributed by atoms with Gasteiger partial charge in [-0.05, 0) is 13.5 Å². The molecule has 9 heteroatoms. The molecular weight excluding hydrogens is 280 g/mol. The summed E-state index contributed by atoms with van der Waals surface area (Å²) in [6.45, 7) is 5.15.